The Balaban J connectivity index is 1.48. The van der Waals surface area contributed by atoms with E-state index in [0.717, 1.165) is 5.69 Å². The Labute approximate surface area is 173 Å². The van der Waals surface area contributed by atoms with Crippen LogP contribution in [0.25, 0.3) is 17.1 Å². The average molecular weight is 410 g/mol. The monoisotopic (exact) mass is 410 g/mol. The van der Waals surface area contributed by atoms with Gasteiger partial charge in [-0.3, -0.25) is 4.79 Å². The molecule has 0 unspecified atom stereocenters. The van der Waals surface area contributed by atoms with Gasteiger partial charge in [-0.1, -0.05) is 0 Å². The van der Waals surface area contributed by atoms with Crippen molar-refractivity contribution < 1.29 is 18.7 Å². The largest absolute Gasteiger partial charge is 0.349 e. The molecule has 156 valence electrons. The van der Waals surface area contributed by atoms with Gasteiger partial charge in [-0.05, 0) is 42.5 Å². The first kappa shape index (κ1) is 19.0. The highest BCUT2D eigenvalue weighted by Crippen LogP contribution is 2.32. The fraction of sp³-hybridized carbons (Fsp3) is 0.364. The van der Waals surface area contributed by atoms with Crippen molar-refractivity contribution in [1.29, 1.82) is 0 Å². The van der Waals surface area contributed by atoms with Gasteiger partial charge >= 0.3 is 0 Å². The van der Waals surface area contributed by atoms with Crippen molar-refractivity contribution in [3.8, 4) is 17.1 Å². The summed E-state index contributed by atoms with van der Waals surface area (Å²) in [6.07, 6.45) is 3.22. The Morgan fingerprint density at radius 2 is 1.80 bits per heavy atom. The number of carbonyl (C=O) groups excluding carboxylic acids is 1. The van der Waals surface area contributed by atoms with E-state index in [1.807, 2.05) is 34.8 Å². The minimum absolute atomic E-state index is 0.111. The molecule has 1 spiro atoms. The highest BCUT2D eigenvalue weighted by atomic mass is 19.1. The van der Waals surface area contributed by atoms with E-state index in [2.05, 4.69) is 5.10 Å². The number of halogens is 1. The van der Waals surface area contributed by atoms with Gasteiger partial charge in [0, 0.05) is 39.2 Å². The van der Waals surface area contributed by atoms with Gasteiger partial charge in [0.1, 0.15) is 17.2 Å². The van der Waals surface area contributed by atoms with E-state index in [-0.39, 0.29) is 11.7 Å². The lowest BCUT2D eigenvalue weighted by atomic mass is 10.0. The van der Waals surface area contributed by atoms with Gasteiger partial charge in [0.05, 0.1) is 24.6 Å². The van der Waals surface area contributed by atoms with E-state index < -0.39 is 5.79 Å². The number of amides is 1. The van der Waals surface area contributed by atoms with Crippen molar-refractivity contribution in [2.75, 3.05) is 26.3 Å². The summed E-state index contributed by atoms with van der Waals surface area (Å²) < 4.78 is 28.5. The van der Waals surface area contributed by atoms with Crippen molar-refractivity contribution in [3.05, 3.63) is 60.2 Å². The van der Waals surface area contributed by atoms with Crippen molar-refractivity contribution in [3.63, 3.8) is 0 Å². The van der Waals surface area contributed by atoms with Gasteiger partial charge in [0.15, 0.2) is 5.79 Å². The van der Waals surface area contributed by atoms with Crippen LogP contribution in [0.5, 0.6) is 0 Å². The van der Waals surface area contributed by atoms with Gasteiger partial charge in [0.25, 0.3) is 5.91 Å². The Kier molecular flexibility index (Phi) is 4.67. The maximum absolute atomic E-state index is 13.4. The molecule has 0 radical (unpaired) electrons. The van der Waals surface area contributed by atoms with E-state index in [4.69, 9.17) is 9.47 Å². The van der Waals surface area contributed by atoms with Crippen LogP contribution in [-0.4, -0.2) is 57.2 Å². The summed E-state index contributed by atoms with van der Waals surface area (Å²) in [5.41, 5.74) is 2.67. The molecule has 3 aromatic rings. The third-order valence-electron chi connectivity index (χ3n) is 5.83. The zero-order chi connectivity index (χ0) is 20.7. The van der Waals surface area contributed by atoms with Crippen LogP contribution in [0.2, 0.25) is 0 Å². The second-order valence-corrected chi connectivity index (χ2v) is 7.71. The molecule has 0 atom stereocenters. The minimum atomic E-state index is -0.540. The average Bonchev–Trinajstić information content (AvgIpc) is 3.49. The summed E-state index contributed by atoms with van der Waals surface area (Å²) in [7, 11) is 1.93. The molecule has 2 saturated heterocycles. The predicted molar refractivity (Wildman–Crippen MR) is 108 cm³/mol. The number of nitrogens with zero attached hydrogens (tertiary/aromatic N) is 4. The quantitative estimate of drug-likeness (QED) is 0.666. The smallest absolute Gasteiger partial charge is 0.272 e. The van der Waals surface area contributed by atoms with Crippen LogP contribution in [0.1, 0.15) is 23.3 Å². The molecule has 0 saturated carbocycles. The van der Waals surface area contributed by atoms with E-state index >= 15 is 0 Å². The molecule has 8 heteroatoms. The van der Waals surface area contributed by atoms with Crippen LogP contribution in [-0.2, 0) is 16.5 Å². The van der Waals surface area contributed by atoms with E-state index in [0.29, 0.717) is 56.2 Å². The van der Waals surface area contributed by atoms with E-state index in [1.165, 1.54) is 12.1 Å². The summed E-state index contributed by atoms with van der Waals surface area (Å²) in [6, 6.07) is 11.7. The van der Waals surface area contributed by atoms with Crippen molar-refractivity contribution in [1.82, 2.24) is 19.2 Å². The van der Waals surface area contributed by atoms with Crippen LogP contribution in [0.3, 0.4) is 0 Å². The fourth-order valence-electron chi connectivity index (χ4n) is 4.16. The summed E-state index contributed by atoms with van der Waals surface area (Å²) >= 11 is 0. The highest BCUT2D eigenvalue weighted by molar-refractivity contribution is 5.94. The number of benzene rings is 1. The van der Waals surface area contributed by atoms with Crippen LogP contribution < -0.4 is 0 Å². The van der Waals surface area contributed by atoms with Crippen LogP contribution in [0.4, 0.5) is 4.39 Å². The van der Waals surface area contributed by atoms with Gasteiger partial charge < -0.3 is 18.9 Å². The van der Waals surface area contributed by atoms with Crippen LogP contribution in [0.15, 0.2) is 48.7 Å². The van der Waals surface area contributed by atoms with Crippen LogP contribution in [0, 0.1) is 5.82 Å². The van der Waals surface area contributed by atoms with Gasteiger partial charge in [0.2, 0.25) is 0 Å². The molecule has 1 aromatic carbocycles. The maximum Gasteiger partial charge on any atom is 0.272 e. The molecule has 2 aliphatic heterocycles. The predicted octanol–water partition coefficient (Wildman–Crippen LogP) is 3.00. The van der Waals surface area contributed by atoms with Gasteiger partial charge in [-0.25, -0.2) is 9.07 Å². The number of aryl methyl sites for hydroxylation is 1. The topological polar surface area (TPSA) is 61.5 Å². The SMILES string of the molecule is Cn1cccc1-c1cc(C(=O)N2CCC3(CC2)OCCO3)n(-c2ccc(F)cc2)n1. The van der Waals surface area contributed by atoms with Crippen molar-refractivity contribution in [2.45, 2.75) is 18.6 Å². The first-order valence-electron chi connectivity index (χ1n) is 10.1. The molecule has 2 aromatic heterocycles. The number of ether oxygens (including phenoxy) is 2. The molecule has 0 aliphatic carbocycles. The summed E-state index contributed by atoms with van der Waals surface area (Å²) in [4.78, 5) is 15.2. The number of carbonyl (C=O) groups is 1. The van der Waals surface area contributed by atoms with Gasteiger partial charge in [-0.2, -0.15) is 5.10 Å². The summed E-state index contributed by atoms with van der Waals surface area (Å²) in [5, 5.41) is 4.68. The number of likely N-dealkylation sites (tertiary alicyclic amines) is 1. The zero-order valence-electron chi connectivity index (χ0n) is 16.8. The zero-order valence-corrected chi connectivity index (χ0v) is 16.8. The van der Waals surface area contributed by atoms with E-state index in [9.17, 15) is 9.18 Å². The Morgan fingerprint density at radius 1 is 1.10 bits per heavy atom. The second kappa shape index (κ2) is 7.37. The molecular weight excluding hydrogens is 387 g/mol. The van der Waals surface area contributed by atoms with E-state index in [1.54, 1.807) is 22.9 Å². The molecule has 5 rings (SSSR count). The third kappa shape index (κ3) is 3.32. The number of aromatic nitrogens is 3. The molecule has 0 bridgehead atoms. The lowest BCUT2D eigenvalue weighted by Crippen LogP contribution is -2.47. The fourth-order valence-corrected chi connectivity index (χ4v) is 4.16. The molecule has 1 amide bonds. The molecule has 0 N–H and O–H groups in total. The lowest BCUT2D eigenvalue weighted by Gasteiger charge is -2.37. The first-order valence-corrected chi connectivity index (χ1v) is 10.1. The number of hydrogen-bond acceptors (Lipinski definition) is 4. The van der Waals surface area contributed by atoms with Gasteiger partial charge in [-0.15, -0.1) is 0 Å². The van der Waals surface area contributed by atoms with Crippen molar-refractivity contribution >= 4 is 5.91 Å². The Hall–Kier alpha value is -2.97. The number of rotatable bonds is 3. The molecular formula is C22H23FN4O3. The highest BCUT2D eigenvalue weighted by Gasteiger charge is 2.41. The Morgan fingerprint density at radius 3 is 2.43 bits per heavy atom. The standard InChI is InChI=1S/C22H23FN4O3/c1-25-10-2-3-19(25)18-15-20(27(24-18)17-6-4-16(23)5-7-17)21(28)26-11-8-22(9-12-26)29-13-14-30-22/h2-7,10,15H,8-9,11-14H2,1H3. The molecule has 4 heterocycles. The molecule has 7 nitrogen and oxygen atoms in total. The molecule has 2 fully saturated rings. The number of piperidine rings is 1. The maximum atomic E-state index is 13.4. The Bertz CT molecular complexity index is 1060. The molecule has 2 aliphatic rings. The minimum Gasteiger partial charge on any atom is -0.349 e. The molecule has 30 heavy (non-hydrogen) atoms. The summed E-state index contributed by atoms with van der Waals surface area (Å²) in [5.74, 6) is -0.984. The summed E-state index contributed by atoms with van der Waals surface area (Å²) in [6.45, 7) is 2.30. The lowest BCUT2D eigenvalue weighted by molar-refractivity contribution is -0.181. The number of hydrogen-bond donors (Lipinski definition) is 0. The first-order chi connectivity index (χ1) is 14.5. The van der Waals surface area contributed by atoms with Crippen LogP contribution >= 0.6 is 0 Å². The second-order valence-electron chi connectivity index (χ2n) is 7.71. The van der Waals surface area contributed by atoms with Crippen molar-refractivity contribution in [2.24, 2.45) is 7.05 Å². The third-order valence-corrected chi connectivity index (χ3v) is 5.83. The normalized spacial score (nSPS) is 18.3.